The summed E-state index contributed by atoms with van der Waals surface area (Å²) < 4.78 is 50.7. The van der Waals surface area contributed by atoms with E-state index in [4.69, 9.17) is 5.14 Å². The van der Waals surface area contributed by atoms with E-state index >= 15 is 0 Å². The van der Waals surface area contributed by atoms with Crippen LogP contribution in [0.15, 0.2) is 0 Å². The van der Waals surface area contributed by atoms with Crippen LogP contribution in [0, 0.1) is 5.92 Å². The van der Waals surface area contributed by atoms with Crippen molar-refractivity contribution < 1.29 is 16.8 Å². The van der Waals surface area contributed by atoms with E-state index in [1.807, 2.05) is 0 Å². The highest BCUT2D eigenvalue weighted by Crippen LogP contribution is 2.24. The number of nitrogens with two attached hydrogens (primary N) is 1. The zero-order chi connectivity index (χ0) is 15.0. The molecule has 118 valence electrons. The molecule has 2 rings (SSSR count). The topological polar surface area (TPSA) is 101 Å². The third kappa shape index (κ3) is 3.51. The molecule has 2 aliphatic heterocycles. The summed E-state index contributed by atoms with van der Waals surface area (Å²) >= 11 is 0. The molecular formula is C11H23N3O4S2. The van der Waals surface area contributed by atoms with E-state index in [0.29, 0.717) is 38.4 Å². The molecule has 0 aliphatic carbocycles. The normalized spacial score (nSPS) is 28.6. The van der Waals surface area contributed by atoms with Gasteiger partial charge in [0.1, 0.15) is 0 Å². The molecule has 0 aromatic heterocycles. The molecule has 1 atom stereocenters. The van der Waals surface area contributed by atoms with Crippen molar-refractivity contribution in [3.63, 3.8) is 0 Å². The van der Waals surface area contributed by atoms with E-state index in [1.165, 1.54) is 8.61 Å². The Hall–Kier alpha value is -0.220. The second-order valence-electron chi connectivity index (χ2n) is 5.80. The Bertz CT molecular complexity index is 538. The number of rotatable bonds is 3. The van der Waals surface area contributed by atoms with Gasteiger partial charge in [-0.15, -0.1) is 0 Å². The van der Waals surface area contributed by atoms with Crippen molar-refractivity contribution in [1.82, 2.24) is 8.61 Å². The first kappa shape index (κ1) is 16.2. The Morgan fingerprint density at radius 2 is 1.55 bits per heavy atom. The summed E-state index contributed by atoms with van der Waals surface area (Å²) in [4.78, 5) is 0. The van der Waals surface area contributed by atoms with Crippen LogP contribution < -0.4 is 5.14 Å². The molecule has 0 aromatic carbocycles. The lowest BCUT2D eigenvalue weighted by atomic mass is 10.0. The third-order valence-corrected chi connectivity index (χ3v) is 7.52. The fraction of sp³-hybridized carbons (Fsp3) is 1.00. The maximum Gasteiger partial charge on any atom is 0.282 e. The van der Waals surface area contributed by atoms with Crippen molar-refractivity contribution in [2.45, 2.75) is 37.9 Å². The summed E-state index contributed by atoms with van der Waals surface area (Å²) in [5.41, 5.74) is 0. The number of hydrogen-bond acceptors (Lipinski definition) is 4. The van der Waals surface area contributed by atoms with Crippen LogP contribution in [-0.4, -0.2) is 56.9 Å². The highest BCUT2D eigenvalue weighted by atomic mass is 32.2. The SMILES string of the molecule is CC1CCN(S(=O)(=O)N2CCCC(S(N)(=O)=O)C2)CC1. The molecular weight excluding hydrogens is 302 g/mol. The highest BCUT2D eigenvalue weighted by molar-refractivity contribution is 7.90. The van der Waals surface area contributed by atoms with E-state index < -0.39 is 25.5 Å². The molecule has 1 unspecified atom stereocenters. The predicted molar refractivity (Wildman–Crippen MR) is 76.6 cm³/mol. The molecule has 0 spiro atoms. The number of sulfonamides is 1. The Balaban J connectivity index is 2.09. The molecule has 0 radical (unpaired) electrons. The summed E-state index contributed by atoms with van der Waals surface area (Å²) in [6.07, 6.45) is 2.67. The van der Waals surface area contributed by atoms with Crippen molar-refractivity contribution >= 4 is 20.2 Å². The first-order valence-electron chi connectivity index (χ1n) is 6.98. The van der Waals surface area contributed by atoms with Crippen LogP contribution in [0.4, 0.5) is 0 Å². The monoisotopic (exact) mass is 325 g/mol. The number of nitrogens with zero attached hydrogens (tertiary/aromatic N) is 2. The lowest BCUT2D eigenvalue weighted by molar-refractivity contribution is 0.253. The standard InChI is InChI=1S/C11H23N3O4S2/c1-10-4-7-13(8-5-10)20(17,18)14-6-2-3-11(9-14)19(12,15)16/h10-11H,2-9H2,1H3,(H2,12,15,16). The molecule has 2 heterocycles. The molecule has 2 saturated heterocycles. The van der Waals surface area contributed by atoms with E-state index in [1.54, 1.807) is 0 Å². The van der Waals surface area contributed by atoms with Gasteiger partial charge >= 0.3 is 0 Å². The van der Waals surface area contributed by atoms with Crippen LogP contribution in [0.3, 0.4) is 0 Å². The number of hydrogen-bond donors (Lipinski definition) is 1. The molecule has 0 saturated carbocycles. The van der Waals surface area contributed by atoms with Gasteiger partial charge in [0.05, 0.1) is 5.25 Å². The van der Waals surface area contributed by atoms with E-state index in [9.17, 15) is 16.8 Å². The van der Waals surface area contributed by atoms with Gasteiger partial charge in [0.25, 0.3) is 10.2 Å². The van der Waals surface area contributed by atoms with Gasteiger partial charge in [0.2, 0.25) is 10.0 Å². The number of primary sulfonamides is 1. The Labute approximate surface area is 121 Å². The molecule has 0 amide bonds. The average Bonchev–Trinajstić information content (AvgIpc) is 2.38. The van der Waals surface area contributed by atoms with Crippen LogP contribution in [0.2, 0.25) is 0 Å². The second kappa shape index (κ2) is 5.88. The minimum atomic E-state index is -3.68. The van der Waals surface area contributed by atoms with Crippen molar-refractivity contribution in [3.05, 3.63) is 0 Å². The number of piperidine rings is 2. The smallest absolute Gasteiger partial charge is 0.228 e. The summed E-state index contributed by atoms with van der Waals surface area (Å²) in [6, 6.07) is 0. The van der Waals surface area contributed by atoms with Gasteiger partial charge in [-0.1, -0.05) is 6.92 Å². The van der Waals surface area contributed by atoms with E-state index in [-0.39, 0.29) is 6.54 Å². The van der Waals surface area contributed by atoms with Crippen molar-refractivity contribution in [3.8, 4) is 0 Å². The lowest BCUT2D eigenvalue weighted by Gasteiger charge is -2.37. The summed E-state index contributed by atoms with van der Waals surface area (Å²) in [7, 11) is -7.24. The minimum absolute atomic E-state index is 0.0206. The summed E-state index contributed by atoms with van der Waals surface area (Å²) in [5, 5.41) is 4.37. The van der Waals surface area contributed by atoms with Crippen LogP contribution in [0.5, 0.6) is 0 Å². The molecule has 0 aromatic rings. The fourth-order valence-corrected chi connectivity index (χ4v) is 5.47. The summed E-state index contributed by atoms with van der Waals surface area (Å²) in [5.74, 6) is 0.542. The fourth-order valence-electron chi connectivity index (χ4n) is 2.76. The third-order valence-electron chi connectivity index (χ3n) is 4.20. The first-order chi connectivity index (χ1) is 9.21. The second-order valence-corrected chi connectivity index (χ2v) is 9.57. The molecule has 20 heavy (non-hydrogen) atoms. The van der Waals surface area contributed by atoms with Crippen LogP contribution in [0.25, 0.3) is 0 Å². The predicted octanol–water partition coefficient (Wildman–Crippen LogP) is -0.284. The molecule has 2 aliphatic rings. The van der Waals surface area contributed by atoms with Gasteiger partial charge in [0.15, 0.2) is 0 Å². The first-order valence-corrected chi connectivity index (χ1v) is 9.98. The Morgan fingerprint density at radius 1 is 0.950 bits per heavy atom. The zero-order valence-electron chi connectivity index (χ0n) is 11.7. The van der Waals surface area contributed by atoms with Gasteiger partial charge in [-0.25, -0.2) is 13.6 Å². The van der Waals surface area contributed by atoms with Crippen LogP contribution in [-0.2, 0) is 20.2 Å². The Morgan fingerprint density at radius 3 is 2.10 bits per heavy atom. The maximum atomic E-state index is 12.5. The van der Waals surface area contributed by atoms with Crippen molar-refractivity contribution in [2.24, 2.45) is 11.1 Å². The van der Waals surface area contributed by atoms with E-state index in [0.717, 1.165) is 12.8 Å². The zero-order valence-corrected chi connectivity index (χ0v) is 13.4. The van der Waals surface area contributed by atoms with Crippen molar-refractivity contribution in [2.75, 3.05) is 26.2 Å². The molecule has 2 fully saturated rings. The van der Waals surface area contributed by atoms with Crippen molar-refractivity contribution in [1.29, 1.82) is 0 Å². The van der Waals surface area contributed by atoms with E-state index in [2.05, 4.69) is 6.92 Å². The average molecular weight is 325 g/mol. The minimum Gasteiger partial charge on any atom is -0.228 e. The molecule has 7 nitrogen and oxygen atoms in total. The Kier molecular flexibility index (Phi) is 4.75. The summed E-state index contributed by atoms with van der Waals surface area (Å²) in [6.45, 7) is 3.50. The van der Waals surface area contributed by atoms with Gasteiger partial charge < -0.3 is 0 Å². The van der Waals surface area contributed by atoms with Crippen LogP contribution >= 0.6 is 0 Å². The highest BCUT2D eigenvalue weighted by Gasteiger charge is 2.37. The van der Waals surface area contributed by atoms with Gasteiger partial charge in [-0.3, -0.25) is 0 Å². The lowest BCUT2D eigenvalue weighted by Crippen LogP contribution is -2.53. The molecule has 9 heteroatoms. The molecule has 0 bridgehead atoms. The largest absolute Gasteiger partial charge is 0.282 e. The van der Waals surface area contributed by atoms with Gasteiger partial charge in [-0.05, 0) is 31.6 Å². The van der Waals surface area contributed by atoms with Gasteiger partial charge in [-0.2, -0.15) is 17.0 Å². The quantitative estimate of drug-likeness (QED) is 0.771. The maximum absolute atomic E-state index is 12.5. The van der Waals surface area contributed by atoms with Crippen LogP contribution in [0.1, 0.15) is 32.6 Å². The molecule has 2 N–H and O–H groups in total. The van der Waals surface area contributed by atoms with Gasteiger partial charge in [0, 0.05) is 26.2 Å².